The SMILES string of the molecule is CCNC(=NCCC(=O)OC)N1CCN(S(=O)(=O)CCOC(C)C)CC1.I. The van der Waals surface area contributed by atoms with Crippen LogP contribution >= 0.6 is 24.0 Å². The first-order valence-corrected chi connectivity index (χ1v) is 10.6. The van der Waals surface area contributed by atoms with E-state index in [-0.39, 0.29) is 54.8 Å². The van der Waals surface area contributed by atoms with Crippen molar-refractivity contribution in [2.45, 2.75) is 33.3 Å². The number of halogens is 1. The highest BCUT2D eigenvalue weighted by molar-refractivity contribution is 14.0. The molecule has 0 saturated carbocycles. The van der Waals surface area contributed by atoms with E-state index in [0.717, 1.165) is 0 Å². The van der Waals surface area contributed by atoms with Crippen molar-refractivity contribution in [3.63, 3.8) is 0 Å². The Morgan fingerprint density at radius 2 is 1.85 bits per heavy atom. The number of hydrogen-bond acceptors (Lipinski definition) is 6. The highest BCUT2D eigenvalue weighted by Crippen LogP contribution is 2.09. The Morgan fingerprint density at radius 1 is 1.22 bits per heavy atom. The van der Waals surface area contributed by atoms with E-state index in [4.69, 9.17) is 4.74 Å². The quantitative estimate of drug-likeness (QED) is 0.205. The third-order valence-corrected chi connectivity index (χ3v) is 5.70. The normalized spacial score (nSPS) is 16.2. The predicted molar refractivity (Wildman–Crippen MR) is 116 cm³/mol. The molecule has 0 bridgehead atoms. The van der Waals surface area contributed by atoms with Crippen LogP contribution in [0.1, 0.15) is 27.2 Å². The van der Waals surface area contributed by atoms with Gasteiger partial charge >= 0.3 is 5.97 Å². The van der Waals surface area contributed by atoms with E-state index in [1.165, 1.54) is 11.4 Å². The van der Waals surface area contributed by atoms with Gasteiger partial charge in [-0.3, -0.25) is 9.79 Å². The number of nitrogens with one attached hydrogen (secondary N) is 1. The van der Waals surface area contributed by atoms with Crippen LogP contribution in [0.15, 0.2) is 4.99 Å². The second-order valence-electron chi connectivity index (χ2n) is 6.18. The van der Waals surface area contributed by atoms with Crippen LogP contribution in [-0.2, 0) is 24.3 Å². The van der Waals surface area contributed by atoms with Crippen molar-refractivity contribution >= 4 is 45.9 Å². The van der Waals surface area contributed by atoms with Gasteiger partial charge < -0.3 is 19.7 Å². The molecule has 1 aliphatic rings. The number of ether oxygens (including phenoxy) is 2. The zero-order valence-corrected chi connectivity index (χ0v) is 19.8. The number of methoxy groups -OCH3 is 1. The number of carbonyl (C=O) groups excluding carboxylic acids is 1. The van der Waals surface area contributed by atoms with Crippen molar-refractivity contribution in [3.05, 3.63) is 0 Å². The molecule has 1 N–H and O–H groups in total. The summed E-state index contributed by atoms with van der Waals surface area (Å²) in [4.78, 5) is 17.6. The smallest absolute Gasteiger partial charge is 0.307 e. The Bertz CT molecular complexity index is 563. The lowest BCUT2D eigenvalue weighted by Crippen LogP contribution is -2.54. The Labute approximate surface area is 179 Å². The molecule has 27 heavy (non-hydrogen) atoms. The summed E-state index contributed by atoms with van der Waals surface area (Å²) in [5, 5.41) is 3.18. The molecule has 160 valence electrons. The summed E-state index contributed by atoms with van der Waals surface area (Å²) in [7, 11) is -1.96. The number of guanidine groups is 1. The molecule has 0 aromatic rings. The first-order chi connectivity index (χ1) is 12.3. The van der Waals surface area contributed by atoms with Crippen LogP contribution in [-0.4, -0.2) is 94.4 Å². The third-order valence-electron chi connectivity index (χ3n) is 3.86. The average Bonchev–Trinajstić information content (AvgIpc) is 2.60. The minimum Gasteiger partial charge on any atom is -0.469 e. The Balaban J connectivity index is 0.00000676. The lowest BCUT2D eigenvalue weighted by Gasteiger charge is -2.35. The van der Waals surface area contributed by atoms with Crippen molar-refractivity contribution in [1.82, 2.24) is 14.5 Å². The summed E-state index contributed by atoms with van der Waals surface area (Å²) in [6, 6.07) is 0. The molecule has 0 spiro atoms. The van der Waals surface area contributed by atoms with Gasteiger partial charge in [-0.1, -0.05) is 0 Å². The van der Waals surface area contributed by atoms with Crippen LogP contribution in [0.3, 0.4) is 0 Å². The minimum absolute atomic E-state index is 0. The average molecular weight is 520 g/mol. The molecule has 0 amide bonds. The zero-order chi connectivity index (χ0) is 19.6. The molecule has 9 nitrogen and oxygen atoms in total. The molecule has 1 fully saturated rings. The molecule has 0 atom stereocenters. The first kappa shape index (κ1) is 26.3. The van der Waals surface area contributed by atoms with E-state index in [9.17, 15) is 13.2 Å². The van der Waals surface area contributed by atoms with Crippen molar-refractivity contribution in [3.8, 4) is 0 Å². The predicted octanol–water partition coefficient (Wildman–Crippen LogP) is 0.505. The fraction of sp³-hybridized carbons (Fsp3) is 0.875. The lowest BCUT2D eigenvalue weighted by molar-refractivity contribution is -0.140. The zero-order valence-electron chi connectivity index (χ0n) is 16.6. The van der Waals surface area contributed by atoms with E-state index >= 15 is 0 Å². The van der Waals surface area contributed by atoms with Gasteiger partial charge in [-0.15, -0.1) is 24.0 Å². The van der Waals surface area contributed by atoms with Gasteiger partial charge in [-0.05, 0) is 20.8 Å². The van der Waals surface area contributed by atoms with Gasteiger partial charge in [0, 0.05) is 32.7 Å². The Hall–Kier alpha value is -0.660. The van der Waals surface area contributed by atoms with E-state index < -0.39 is 10.0 Å². The monoisotopic (exact) mass is 520 g/mol. The number of nitrogens with zero attached hydrogens (tertiary/aromatic N) is 3. The largest absolute Gasteiger partial charge is 0.469 e. The second-order valence-corrected chi connectivity index (χ2v) is 8.27. The number of aliphatic imine (C=N–C) groups is 1. The summed E-state index contributed by atoms with van der Waals surface area (Å²) in [5.74, 6) is 0.388. The fourth-order valence-electron chi connectivity index (χ4n) is 2.48. The first-order valence-electron chi connectivity index (χ1n) is 8.99. The van der Waals surface area contributed by atoms with Crippen molar-refractivity contribution in [1.29, 1.82) is 0 Å². The van der Waals surface area contributed by atoms with Crippen molar-refractivity contribution in [2.24, 2.45) is 4.99 Å². The minimum atomic E-state index is -3.31. The molecule has 1 saturated heterocycles. The Morgan fingerprint density at radius 3 is 2.37 bits per heavy atom. The summed E-state index contributed by atoms with van der Waals surface area (Å²) in [6.07, 6.45) is 0.237. The van der Waals surface area contributed by atoms with Crippen molar-refractivity contribution < 1.29 is 22.7 Å². The molecule has 1 heterocycles. The fourth-order valence-corrected chi connectivity index (χ4v) is 3.76. The van der Waals surface area contributed by atoms with Gasteiger partial charge in [0.25, 0.3) is 0 Å². The molecular weight excluding hydrogens is 487 g/mol. The van der Waals surface area contributed by atoms with Gasteiger partial charge in [-0.25, -0.2) is 8.42 Å². The summed E-state index contributed by atoms with van der Waals surface area (Å²) in [5.41, 5.74) is 0. The van der Waals surface area contributed by atoms with E-state index in [2.05, 4.69) is 15.0 Å². The number of sulfonamides is 1. The van der Waals surface area contributed by atoms with Gasteiger partial charge in [0.2, 0.25) is 10.0 Å². The Kier molecular flexibility index (Phi) is 13.2. The number of piperazine rings is 1. The molecule has 0 unspecified atom stereocenters. The van der Waals surface area contributed by atoms with Crippen LogP contribution in [0, 0.1) is 0 Å². The third kappa shape index (κ3) is 9.90. The molecule has 0 radical (unpaired) electrons. The van der Waals surface area contributed by atoms with E-state index in [1.54, 1.807) is 0 Å². The van der Waals surface area contributed by atoms with Crippen LogP contribution in [0.25, 0.3) is 0 Å². The molecule has 1 rings (SSSR count). The van der Waals surface area contributed by atoms with Gasteiger partial charge in [0.15, 0.2) is 5.96 Å². The topological polar surface area (TPSA) is 101 Å². The van der Waals surface area contributed by atoms with Gasteiger partial charge in [0.05, 0.1) is 38.5 Å². The molecule has 0 aromatic heterocycles. The van der Waals surface area contributed by atoms with Crippen LogP contribution in [0.5, 0.6) is 0 Å². The van der Waals surface area contributed by atoms with Crippen LogP contribution < -0.4 is 5.32 Å². The highest BCUT2D eigenvalue weighted by Gasteiger charge is 2.28. The maximum Gasteiger partial charge on any atom is 0.307 e. The maximum absolute atomic E-state index is 12.4. The maximum atomic E-state index is 12.4. The van der Waals surface area contributed by atoms with Crippen LogP contribution in [0.4, 0.5) is 0 Å². The second kappa shape index (κ2) is 13.5. The molecule has 0 aliphatic carbocycles. The molecular formula is C16H33IN4O5S. The number of rotatable bonds is 9. The van der Waals surface area contributed by atoms with Gasteiger partial charge in [-0.2, -0.15) is 4.31 Å². The lowest BCUT2D eigenvalue weighted by atomic mass is 10.4. The summed E-state index contributed by atoms with van der Waals surface area (Å²) < 4.78 is 36.2. The standard InChI is InChI=1S/C16H32N4O5S.HI/c1-5-17-16(18-7-6-15(21)24-4)19-8-10-20(11-9-19)26(22,23)13-12-25-14(2)3;/h14H,5-13H2,1-4H3,(H,17,18);1H. The number of hydrogen-bond donors (Lipinski definition) is 1. The van der Waals surface area contributed by atoms with E-state index in [0.29, 0.717) is 45.2 Å². The highest BCUT2D eigenvalue weighted by atomic mass is 127. The molecule has 1 aliphatic heterocycles. The summed E-state index contributed by atoms with van der Waals surface area (Å²) >= 11 is 0. The van der Waals surface area contributed by atoms with E-state index in [1.807, 2.05) is 25.7 Å². The number of carbonyl (C=O) groups is 1. The van der Waals surface area contributed by atoms with Crippen molar-refractivity contribution in [2.75, 3.05) is 58.7 Å². The molecule has 11 heteroatoms. The van der Waals surface area contributed by atoms with Crippen LogP contribution in [0.2, 0.25) is 0 Å². The van der Waals surface area contributed by atoms with Gasteiger partial charge in [0.1, 0.15) is 0 Å². The number of esters is 1. The summed E-state index contributed by atoms with van der Waals surface area (Å²) in [6.45, 7) is 8.88. The molecule has 0 aromatic carbocycles.